The number of carbonyl (C=O) groups excluding carboxylic acids is 1. The van der Waals surface area contributed by atoms with Gasteiger partial charge in [0.15, 0.2) is 0 Å². The zero-order valence-corrected chi connectivity index (χ0v) is 7.55. The van der Waals surface area contributed by atoms with E-state index in [0.717, 1.165) is 11.3 Å². The molecule has 1 heterocycles. The Hall–Kier alpha value is -1.56. The maximum atomic E-state index is 11.0. The minimum absolute atomic E-state index is 0.0258. The lowest BCUT2D eigenvalue weighted by atomic mass is 10.3. The van der Waals surface area contributed by atoms with Gasteiger partial charge < -0.3 is 15.6 Å². The van der Waals surface area contributed by atoms with Gasteiger partial charge in [-0.15, -0.1) is 11.3 Å². The van der Waals surface area contributed by atoms with Crippen molar-refractivity contribution < 1.29 is 19.4 Å². The molecule has 0 aliphatic heterocycles. The fraction of sp³-hybridized carbons (Fsp3) is 0.143. The maximum absolute atomic E-state index is 11.0. The Morgan fingerprint density at radius 3 is 2.62 bits per heavy atom. The smallest absolute Gasteiger partial charge is 0.350 e. The summed E-state index contributed by atoms with van der Waals surface area (Å²) in [5, 5.41) is 8.58. The molecule has 0 aromatic carbocycles. The number of methoxy groups -OCH3 is 1. The number of hydrogen-bond donors (Lipinski definition) is 2. The Morgan fingerprint density at radius 2 is 2.23 bits per heavy atom. The molecule has 0 fully saturated rings. The molecule has 0 saturated carbocycles. The molecule has 1 aromatic heterocycles. The molecule has 0 aliphatic carbocycles. The van der Waals surface area contributed by atoms with E-state index in [1.54, 1.807) is 0 Å². The summed E-state index contributed by atoms with van der Waals surface area (Å²) < 4.78 is 4.41. The molecule has 0 atom stereocenters. The van der Waals surface area contributed by atoms with E-state index in [0.29, 0.717) is 0 Å². The molecule has 0 radical (unpaired) electrons. The van der Waals surface area contributed by atoms with Gasteiger partial charge in [-0.2, -0.15) is 0 Å². The predicted molar refractivity (Wildman–Crippen MR) is 47.0 cm³/mol. The van der Waals surface area contributed by atoms with Crippen molar-refractivity contribution in [2.75, 3.05) is 12.8 Å². The normalized spacial score (nSPS) is 9.62. The molecule has 3 N–H and O–H groups in total. The van der Waals surface area contributed by atoms with E-state index in [1.165, 1.54) is 13.2 Å². The van der Waals surface area contributed by atoms with Crippen molar-refractivity contribution in [2.45, 2.75) is 0 Å². The summed E-state index contributed by atoms with van der Waals surface area (Å²) >= 11 is 0.801. The third kappa shape index (κ3) is 1.78. The largest absolute Gasteiger partial charge is 0.477 e. The maximum Gasteiger partial charge on any atom is 0.350 e. The lowest BCUT2D eigenvalue weighted by Gasteiger charge is -1.94. The van der Waals surface area contributed by atoms with E-state index in [9.17, 15) is 9.59 Å². The van der Waals surface area contributed by atoms with E-state index < -0.39 is 11.9 Å². The molecule has 1 rings (SSSR count). The Morgan fingerprint density at radius 1 is 1.62 bits per heavy atom. The number of thiophene rings is 1. The van der Waals surface area contributed by atoms with Crippen molar-refractivity contribution >= 4 is 29.0 Å². The number of hydrogen-bond acceptors (Lipinski definition) is 5. The summed E-state index contributed by atoms with van der Waals surface area (Å²) in [5.74, 6) is -1.72. The fourth-order valence-electron chi connectivity index (χ4n) is 0.763. The van der Waals surface area contributed by atoms with Gasteiger partial charge in [0.25, 0.3) is 0 Å². The summed E-state index contributed by atoms with van der Waals surface area (Å²) in [6.45, 7) is 0. The van der Waals surface area contributed by atoms with Crippen LogP contribution in [0.5, 0.6) is 0 Å². The van der Waals surface area contributed by atoms with Crippen LogP contribution in [0.15, 0.2) is 6.07 Å². The second-order valence-corrected chi connectivity index (χ2v) is 3.24. The molecule has 0 spiro atoms. The van der Waals surface area contributed by atoms with Crippen LogP contribution >= 0.6 is 11.3 Å². The molecule has 70 valence electrons. The Labute approximate surface area is 77.7 Å². The number of esters is 1. The Kier molecular flexibility index (Phi) is 2.52. The molecule has 13 heavy (non-hydrogen) atoms. The van der Waals surface area contributed by atoms with E-state index in [1.807, 2.05) is 0 Å². The second kappa shape index (κ2) is 3.44. The van der Waals surface area contributed by atoms with Gasteiger partial charge in [-0.25, -0.2) is 9.59 Å². The number of anilines is 1. The standard InChI is InChI=1S/C7H7NO4S/c1-12-7(11)5-3(8)2-4(13-5)6(9)10/h2H,8H2,1H3,(H,9,10). The number of nitrogen functional groups attached to an aromatic ring is 1. The minimum atomic E-state index is -1.10. The zero-order chi connectivity index (χ0) is 10.0. The van der Waals surface area contributed by atoms with E-state index in [4.69, 9.17) is 10.8 Å². The van der Waals surface area contributed by atoms with Gasteiger partial charge in [0.05, 0.1) is 12.8 Å². The van der Waals surface area contributed by atoms with Crippen molar-refractivity contribution in [3.05, 3.63) is 15.8 Å². The fourth-order valence-corrected chi connectivity index (χ4v) is 1.60. The van der Waals surface area contributed by atoms with Crippen LogP contribution in [-0.2, 0) is 4.74 Å². The van der Waals surface area contributed by atoms with Crippen molar-refractivity contribution in [2.24, 2.45) is 0 Å². The SMILES string of the molecule is COC(=O)c1sc(C(=O)O)cc1N. The number of rotatable bonds is 2. The van der Waals surface area contributed by atoms with E-state index >= 15 is 0 Å². The number of carbonyl (C=O) groups is 2. The Balaban J connectivity index is 3.10. The van der Waals surface area contributed by atoms with Crippen LogP contribution < -0.4 is 5.73 Å². The highest BCUT2D eigenvalue weighted by atomic mass is 32.1. The highest BCUT2D eigenvalue weighted by Gasteiger charge is 2.17. The highest BCUT2D eigenvalue weighted by Crippen LogP contribution is 2.25. The number of ether oxygens (including phenoxy) is 1. The topological polar surface area (TPSA) is 89.6 Å². The molecule has 0 bridgehead atoms. The van der Waals surface area contributed by atoms with E-state index in [2.05, 4.69) is 4.74 Å². The lowest BCUT2D eigenvalue weighted by molar-refractivity contribution is 0.0607. The summed E-state index contributed by atoms with van der Waals surface area (Å²) in [4.78, 5) is 21.6. The van der Waals surface area contributed by atoms with Gasteiger partial charge in [0.2, 0.25) is 0 Å². The highest BCUT2D eigenvalue weighted by molar-refractivity contribution is 7.16. The number of carboxylic acids is 1. The van der Waals surface area contributed by atoms with Crippen LogP contribution in [0.4, 0.5) is 5.69 Å². The third-order valence-corrected chi connectivity index (χ3v) is 2.46. The second-order valence-electron chi connectivity index (χ2n) is 2.19. The van der Waals surface area contributed by atoms with Gasteiger partial charge in [-0.1, -0.05) is 0 Å². The monoisotopic (exact) mass is 201 g/mol. The molecule has 6 heteroatoms. The van der Waals surface area contributed by atoms with Crippen molar-refractivity contribution in [1.29, 1.82) is 0 Å². The van der Waals surface area contributed by atoms with Crippen LogP contribution in [0.3, 0.4) is 0 Å². The van der Waals surface area contributed by atoms with Crippen molar-refractivity contribution in [3.63, 3.8) is 0 Å². The van der Waals surface area contributed by atoms with E-state index in [-0.39, 0.29) is 15.4 Å². The van der Waals surface area contributed by atoms with Crippen LogP contribution in [0.1, 0.15) is 19.3 Å². The molecule has 0 amide bonds. The summed E-state index contributed by atoms with van der Waals surface area (Å²) in [6.07, 6.45) is 0. The van der Waals surface area contributed by atoms with Crippen LogP contribution in [0.2, 0.25) is 0 Å². The molecular weight excluding hydrogens is 194 g/mol. The third-order valence-electron chi connectivity index (χ3n) is 1.34. The summed E-state index contributed by atoms with van der Waals surface area (Å²) in [5.41, 5.74) is 5.54. The van der Waals surface area contributed by atoms with Gasteiger partial charge >= 0.3 is 11.9 Å². The molecule has 5 nitrogen and oxygen atoms in total. The first-order valence-electron chi connectivity index (χ1n) is 3.27. The average molecular weight is 201 g/mol. The first kappa shape index (κ1) is 9.53. The first-order chi connectivity index (χ1) is 6.06. The number of nitrogens with two attached hydrogens (primary N) is 1. The van der Waals surface area contributed by atoms with Crippen LogP contribution in [-0.4, -0.2) is 24.2 Å². The van der Waals surface area contributed by atoms with Crippen molar-refractivity contribution in [1.82, 2.24) is 0 Å². The molecule has 0 saturated heterocycles. The summed E-state index contributed by atoms with van der Waals surface area (Å²) in [6, 6.07) is 1.24. The van der Waals surface area contributed by atoms with Gasteiger partial charge in [-0.3, -0.25) is 0 Å². The van der Waals surface area contributed by atoms with Crippen LogP contribution in [0, 0.1) is 0 Å². The quantitative estimate of drug-likeness (QED) is 0.691. The first-order valence-corrected chi connectivity index (χ1v) is 4.08. The number of aromatic carboxylic acids is 1. The number of carboxylic acid groups (broad SMARTS) is 1. The molecule has 0 aliphatic rings. The molecule has 0 unspecified atom stereocenters. The predicted octanol–water partition coefficient (Wildman–Crippen LogP) is 0.815. The van der Waals surface area contributed by atoms with Gasteiger partial charge in [-0.05, 0) is 6.07 Å². The summed E-state index contributed by atoms with van der Waals surface area (Å²) in [7, 11) is 1.21. The van der Waals surface area contributed by atoms with Gasteiger partial charge in [0, 0.05) is 0 Å². The van der Waals surface area contributed by atoms with Gasteiger partial charge in [0.1, 0.15) is 9.75 Å². The minimum Gasteiger partial charge on any atom is -0.477 e. The Bertz CT molecular complexity index is 357. The van der Waals surface area contributed by atoms with Crippen LogP contribution in [0.25, 0.3) is 0 Å². The zero-order valence-electron chi connectivity index (χ0n) is 6.73. The lowest BCUT2D eigenvalue weighted by Crippen LogP contribution is -2.01. The van der Waals surface area contributed by atoms with Crippen molar-refractivity contribution in [3.8, 4) is 0 Å². The molecule has 1 aromatic rings. The molecular formula is C7H7NO4S. The average Bonchev–Trinajstić information content (AvgIpc) is 2.46.